The lowest BCUT2D eigenvalue weighted by molar-refractivity contribution is 0.0946. The minimum atomic E-state index is -0.266. The fourth-order valence-corrected chi connectivity index (χ4v) is 2.56. The molecule has 1 aromatic carbocycles. The van der Waals surface area contributed by atoms with Gasteiger partial charge in [0.2, 0.25) is 0 Å². The number of aromatic amines is 1. The van der Waals surface area contributed by atoms with Crippen LogP contribution in [0.4, 0.5) is 0 Å². The van der Waals surface area contributed by atoms with Crippen LogP contribution in [0.3, 0.4) is 0 Å². The van der Waals surface area contributed by atoms with Crippen LogP contribution in [0.5, 0.6) is 0 Å². The molecule has 2 heterocycles. The van der Waals surface area contributed by atoms with Crippen molar-refractivity contribution in [3.63, 3.8) is 0 Å². The maximum Gasteiger partial charge on any atom is 0.267 e. The predicted octanol–water partition coefficient (Wildman–Crippen LogP) is 2.36. The number of carbonyl (C=O) groups is 2. The lowest BCUT2D eigenvalue weighted by Crippen LogP contribution is -2.23. The Morgan fingerprint density at radius 1 is 1.08 bits per heavy atom. The average Bonchev–Trinajstić information content (AvgIpc) is 3.13. The van der Waals surface area contributed by atoms with E-state index in [9.17, 15) is 14.4 Å². The topological polar surface area (TPSA) is 84.0 Å². The van der Waals surface area contributed by atoms with Crippen molar-refractivity contribution in [3.05, 3.63) is 93.7 Å². The molecule has 3 rings (SSSR count). The highest BCUT2D eigenvalue weighted by Crippen LogP contribution is 2.07. The van der Waals surface area contributed by atoms with E-state index in [4.69, 9.17) is 0 Å². The quantitative estimate of drug-likeness (QED) is 0.670. The van der Waals surface area contributed by atoms with Gasteiger partial charge in [-0.15, -0.1) is 0 Å². The van der Waals surface area contributed by atoms with Gasteiger partial charge in [-0.25, -0.2) is 0 Å². The molecule has 0 saturated heterocycles. The molecule has 6 nitrogen and oxygen atoms in total. The van der Waals surface area contributed by atoms with E-state index in [1.165, 1.54) is 19.2 Å². The second kappa shape index (κ2) is 7.65. The number of aromatic nitrogens is 2. The van der Waals surface area contributed by atoms with Crippen molar-refractivity contribution >= 4 is 11.7 Å². The third kappa shape index (κ3) is 4.16. The summed E-state index contributed by atoms with van der Waals surface area (Å²) in [7, 11) is 0. The van der Waals surface area contributed by atoms with Crippen LogP contribution in [0.15, 0.2) is 65.7 Å². The zero-order valence-corrected chi connectivity index (χ0v) is 14.4. The van der Waals surface area contributed by atoms with Gasteiger partial charge in [-0.1, -0.05) is 30.3 Å². The van der Waals surface area contributed by atoms with E-state index in [1.54, 1.807) is 22.9 Å². The first kappa shape index (κ1) is 17.4. The molecule has 0 fully saturated rings. The number of hydrogen-bond acceptors (Lipinski definition) is 3. The van der Waals surface area contributed by atoms with Crippen LogP contribution in [0.2, 0.25) is 0 Å². The molecule has 2 aromatic heterocycles. The molecule has 0 atom stereocenters. The zero-order valence-electron chi connectivity index (χ0n) is 14.4. The van der Waals surface area contributed by atoms with Crippen molar-refractivity contribution in [2.24, 2.45) is 0 Å². The number of rotatable bonds is 6. The molecular formula is C20H19N3O3. The lowest BCUT2D eigenvalue weighted by Gasteiger charge is -2.07. The number of benzene rings is 1. The van der Waals surface area contributed by atoms with Crippen LogP contribution in [0.25, 0.3) is 0 Å². The molecule has 3 aromatic rings. The first-order valence-electron chi connectivity index (χ1n) is 8.24. The summed E-state index contributed by atoms with van der Waals surface area (Å²) in [5.74, 6) is -0.356. The normalized spacial score (nSPS) is 10.5. The molecule has 0 bridgehead atoms. The average molecular weight is 349 g/mol. The Labute approximate surface area is 150 Å². The summed E-state index contributed by atoms with van der Waals surface area (Å²) in [6, 6.07) is 14.3. The highest BCUT2D eigenvalue weighted by atomic mass is 16.2. The number of hydrogen-bond donors (Lipinski definition) is 2. The van der Waals surface area contributed by atoms with Crippen LogP contribution in [0, 0.1) is 0 Å². The minimum absolute atomic E-state index is 0.0419. The maximum atomic E-state index is 12.1. The molecule has 0 saturated carbocycles. The van der Waals surface area contributed by atoms with Gasteiger partial charge >= 0.3 is 0 Å². The van der Waals surface area contributed by atoms with Crippen molar-refractivity contribution in [1.82, 2.24) is 14.9 Å². The summed E-state index contributed by atoms with van der Waals surface area (Å²) in [5, 5.41) is 2.81. The standard InChI is InChI=1S/C20H19N3O3/c1-14(24)17-10-18(21-12-17)20(26)22-11-15-5-7-16(8-6-15)13-23-9-3-2-4-19(23)25/h2-10,12,21H,11,13H2,1H3,(H,22,26). The Morgan fingerprint density at radius 3 is 2.46 bits per heavy atom. The van der Waals surface area contributed by atoms with Crippen molar-refractivity contribution in [1.29, 1.82) is 0 Å². The molecule has 2 N–H and O–H groups in total. The summed E-state index contributed by atoms with van der Waals surface area (Å²) >= 11 is 0. The summed E-state index contributed by atoms with van der Waals surface area (Å²) in [6.45, 7) is 2.33. The van der Waals surface area contributed by atoms with Crippen molar-refractivity contribution in [3.8, 4) is 0 Å². The van der Waals surface area contributed by atoms with Gasteiger partial charge < -0.3 is 14.9 Å². The third-order valence-corrected chi connectivity index (χ3v) is 4.06. The number of Topliss-reactive ketones (excluding diaryl/α,β-unsaturated/α-hetero) is 1. The minimum Gasteiger partial charge on any atom is -0.356 e. The number of carbonyl (C=O) groups excluding carboxylic acids is 2. The van der Waals surface area contributed by atoms with E-state index in [-0.39, 0.29) is 17.2 Å². The van der Waals surface area contributed by atoms with Gasteiger partial charge in [-0.2, -0.15) is 0 Å². The number of H-pyrrole nitrogens is 1. The van der Waals surface area contributed by atoms with E-state index in [0.29, 0.717) is 24.3 Å². The van der Waals surface area contributed by atoms with Crippen LogP contribution in [-0.2, 0) is 13.1 Å². The maximum absolute atomic E-state index is 12.1. The summed E-state index contributed by atoms with van der Waals surface area (Å²) in [5.41, 5.74) is 2.75. The largest absolute Gasteiger partial charge is 0.356 e. The Balaban J connectivity index is 1.59. The summed E-state index contributed by atoms with van der Waals surface area (Å²) in [6.07, 6.45) is 3.28. The van der Waals surface area contributed by atoms with Gasteiger partial charge in [0.25, 0.3) is 11.5 Å². The lowest BCUT2D eigenvalue weighted by atomic mass is 10.1. The highest BCUT2D eigenvalue weighted by molar-refractivity contribution is 5.99. The Hall–Kier alpha value is -3.41. The van der Waals surface area contributed by atoms with E-state index in [1.807, 2.05) is 30.3 Å². The monoisotopic (exact) mass is 349 g/mol. The predicted molar refractivity (Wildman–Crippen MR) is 98.2 cm³/mol. The van der Waals surface area contributed by atoms with Gasteiger partial charge in [0, 0.05) is 30.6 Å². The fourth-order valence-electron chi connectivity index (χ4n) is 2.56. The summed E-state index contributed by atoms with van der Waals surface area (Å²) in [4.78, 5) is 37.9. The molecule has 0 spiro atoms. The first-order valence-corrected chi connectivity index (χ1v) is 8.24. The fraction of sp³-hybridized carbons (Fsp3) is 0.150. The number of pyridine rings is 1. The Kier molecular flexibility index (Phi) is 5.12. The molecule has 26 heavy (non-hydrogen) atoms. The number of ketones is 1. The van der Waals surface area contributed by atoms with Crippen LogP contribution in [0.1, 0.15) is 38.9 Å². The second-order valence-corrected chi connectivity index (χ2v) is 6.02. The smallest absolute Gasteiger partial charge is 0.267 e. The van der Waals surface area contributed by atoms with E-state index >= 15 is 0 Å². The Morgan fingerprint density at radius 2 is 1.81 bits per heavy atom. The van der Waals surface area contributed by atoms with E-state index < -0.39 is 0 Å². The van der Waals surface area contributed by atoms with Gasteiger partial charge in [-0.3, -0.25) is 14.4 Å². The molecule has 132 valence electrons. The second-order valence-electron chi connectivity index (χ2n) is 6.02. The molecule has 0 unspecified atom stereocenters. The van der Waals surface area contributed by atoms with Crippen molar-refractivity contribution < 1.29 is 9.59 Å². The number of nitrogens with zero attached hydrogens (tertiary/aromatic N) is 1. The van der Waals surface area contributed by atoms with Gasteiger partial charge in [0.15, 0.2) is 5.78 Å². The van der Waals surface area contributed by atoms with Crippen molar-refractivity contribution in [2.45, 2.75) is 20.0 Å². The van der Waals surface area contributed by atoms with Crippen LogP contribution >= 0.6 is 0 Å². The van der Waals surface area contributed by atoms with E-state index in [0.717, 1.165) is 11.1 Å². The molecule has 0 aliphatic carbocycles. The molecule has 1 amide bonds. The zero-order chi connectivity index (χ0) is 18.5. The molecular weight excluding hydrogens is 330 g/mol. The molecule has 0 radical (unpaired) electrons. The molecule has 0 aliphatic heterocycles. The third-order valence-electron chi connectivity index (χ3n) is 4.06. The SMILES string of the molecule is CC(=O)c1c[nH]c(C(=O)NCc2ccc(Cn3ccccc3=O)cc2)c1. The van der Waals surface area contributed by atoms with Gasteiger partial charge in [0.05, 0.1) is 6.54 Å². The summed E-state index contributed by atoms with van der Waals surface area (Å²) < 4.78 is 1.63. The Bertz CT molecular complexity index is 984. The number of amides is 1. The van der Waals surface area contributed by atoms with Gasteiger partial charge in [-0.05, 0) is 30.2 Å². The molecule has 6 heteroatoms. The molecule has 0 aliphatic rings. The van der Waals surface area contributed by atoms with E-state index in [2.05, 4.69) is 10.3 Å². The first-order chi connectivity index (χ1) is 12.5. The van der Waals surface area contributed by atoms with Gasteiger partial charge in [0.1, 0.15) is 5.69 Å². The van der Waals surface area contributed by atoms with Crippen LogP contribution < -0.4 is 10.9 Å². The van der Waals surface area contributed by atoms with Crippen LogP contribution in [-0.4, -0.2) is 21.2 Å². The number of nitrogens with one attached hydrogen (secondary N) is 2. The highest BCUT2D eigenvalue weighted by Gasteiger charge is 2.10. The van der Waals surface area contributed by atoms with Crippen molar-refractivity contribution in [2.75, 3.05) is 0 Å².